The second-order valence-electron chi connectivity index (χ2n) is 5.73. The monoisotopic (exact) mass is 364 g/mol. The third-order valence-electron chi connectivity index (χ3n) is 4.10. The van der Waals surface area contributed by atoms with Gasteiger partial charge in [-0.15, -0.1) is 0 Å². The van der Waals surface area contributed by atoms with Crippen LogP contribution in [0.2, 0.25) is 0 Å². The topological polar surface area (TPSA) is 95.5 Å². The van der Waals surface area contributed by atoms with Gasteiger partial charge in [-0.3, -0.25) is 4.79 Å². The molecule has 2 aromatic heterocycles. The van der Waals surface area contributed by atoms with E-state index in [1.807, 2.05) is 24.9 Å². The number of para-hydroxylation sites is 1. The molecule has 0 bridgehead atoms. The maximum Gasteiger partial charge on any atom is 0.167 e. The summed E-state index contributed by atoms with van der Waals surface area (Å²) in [4.78, 5) is 17.7. The zero-order chi connectivity index (χ0) is 19.2. The quantitative estimate of drug-likeness (QED) is 0.483. The summed E-state index contributed by atoms with van der Waals surface area (Å²) >= 11 is 0. The number of aldehydes is 1. The zero-order valence-corrected chi connectivity index (χ0v) is 15.2. The molecule has 0 amide bonds. The van der Waals surface area contributed by atoms with E-state index in [1.54, 1.807) is 28.9 Å². The van der Waals surface area contributed by atoms with Gasteiger partial charge in [-0.05, 0) is 32.2 Å². The van der Waals surface area contributed by atoms with Gasteiger partial charge in [-0.25, -0.2) is 9.50 Å². The van der Waals surface area contributed by atoms with Crippen molar-refractivity contribution in [2.24, 2.45) is 0 Å². The van der Waals surface area contributed by atoms with Crippen LogP contribution in [-0.2, 0) is 0 Å². The average molecular weight is 364 g/mol. The molecule has 0 atom stereocenters. The molecule has 0 radical (unpaired) electrons. The normalized spacial score (nSPS) is 10.6. The molecule has 1 N–H and O–H groups in total. The fourth-order valence-corrected chi connectivity index (χ4v) is 2.82. The van der Waals surface area contributed by atoms with E-state index in [2.05, 4.69) is 21.5 Å². The molecule has 1 aromatic carbocycles. The Labute approximate surface area is 157 Å². The number of nitrogens with zero attached hydrogens (tertiary/aromatic N) is 5. The van der Waals surface area contributed by atoms with Crippen LogP contribution in [0, 0.1) is 11.3 Å². The first-order valence-corrected chi connectivity index (χ1v) is 8.61. The maximum atomic E-state index is 11.2. The van der Waals surface area contributed by atoms with Gasteiger partial charge in [0.25, 0.3) is 0 Å². The van der Waals surface area contributed by atoms with Crippen molar-refractivity contribution < 1.29 is 9.53 Å². The molecule has 0 saturated heterocycles. The van der Waals surface area contributed by atoms with E-state index in [1.165, 1.54) is 6.20 Å². The van der Waals surface area contributed by atoms with Gasteiger partial charge in [-0.1, -0.05) is 6.07 Å². The van der Waals surface area contributed by atoms with Crippen molar-refractivity contribution in [3.05, 3.63) is 47.8 Å². The molecule has 0 aliphatic rings. The molecule has 8 heteroatoms. The van der Waals surface area contributed by atoms with Crippen LogP contribution < -0.4 is 15.0 Å². The first-order valence-electron chi connectivity index (χ1n) is 8.61. The minimum absolute atomic E-state index is 0.409. The number of fused-ring (bicyclic) bond motifs is 1. The van der Waals surface area contributed by atoms with Crippen LogP contribution in [0.25, 0.3) is 5.65 Å². The fraction of sp³-hybridized carbons (Fsp3) is 0.263. The van der Waals surface area contributed by atoms with Crippen LogP contribution in [0.5, 0.6) is 5.75 Å². The summed E-state index contributed by atoms with van der Waals surface area (Å²) in [7, 11) is 1.85. The summed E-state index contributed by atoms with van der Waals surface area (Å²) in [6, 6.07) is 9.40. The van der Waals surface area contributed by atoms with Gasteiger partial charge in [0.2, 0.25) is 0 Å². The number of carbonyl (C=O) groups is 1. The van der Waals surface area contributed by atoms with Crippen LogP contribution in [0.3, 0.4) is 0 Å². The molecule has 0 spiro atoms. The number of ether oxygens (including phenoxy) is 1. The number of hydrogen-bond acceptors (Lipinski definition) is 7. The summed E-state index contributed by atoms with van der Waals surface area (Å²) < 4.78 is 7.43. The Kier molecular flexibility index (Phi) is 5.64. The van der Waals surface area contributed by atoms with Crippen molar-refractivity contribution in [1.29, 1.82) is 5.26 Å². The number of aromatic nitrogens is 3. The number of anilines is 2. The zero-order valence-electron chi connectivity index (χ0n) is 15.2. The molecule has 3 aromatic rings. The van der Waals surface area contributed by atoms with Crippen LogP contribution in [0.1, 0.15) is 22.8 Å². The minimum Gasteiger partial charge on any atom is -0.490 e. The van der Waals surface area contributed by atoms with E-state index in [-0.39, 0.29) is 0 Å². The standard InChI is InChI=1S/C19H20N6O2/c1-3-24(17-7-9-25-19(23-17)15(13-26)12-22-25)18-14(11-20)5-4-6-16(18)27-10-8-21-2/h4-7,9,12-13,21H,3,8,10H2,1-2H3. The molecule has 0 aliphatic heterocycles. The van der Waals surface area contributed by atoms with Crippen LogP contribution >= 0.6 is 0 Å². The Balaban J connectivity index is 2.09. The summed E-state index contributed by atoms with van der Waals surface area (Å²) in [5, 5.41) is 16.7. The molecule has 0 fully saturated rings. The Bertz CT molecular complexity index is 992. The highest BCUT2D eigenvalue weighted by Crippen LogP contribution is 2.36. The Morgan fingerprint density at radius 3 is 2.96 bits per heavy atom. The summed E-state index contributed by atoms with van der Waals surface area (Å²) in [6.45, 7) is 3.69. The van der Waals surface area contributed by atoms with Gasteiger partial charge in [0, 0.05) is 19.3 Å². The van der Waals surface area contributed by atoms with Crippen molar-refractivity contribution >= 4 is 23.4 Å². The summed E-state index contributed by atoms with van der Waals surface area (Å²) in [6.07, 6.45) is 3.94. The van der Waals surface area contributed by atoms with Gasteiger partial charge in [0.05, 0.1) is 17.3 Å². The van der Waals surface area contributed by atoms with E-state index in [9.17, 15) is 10.1 Å². The number of nitrogens with one attached hydrogen (secondary N) is 1. The molecule has 27 heavy (non-hydrogen) atoms. The highest BCUT2D eigenvalue weighted by atomic mass is 16.5. The highest BCUT2D eigenvalue weighted by molar-refractivity contribution is 5.84. The smallest absolute Gasteiger partial charge is 0.167 e. The van der Waals surface area contributed by atoms with Gasteiger partial charge in [-0.2, -0.15) is 10.4 Å². The molecule has 0 unspecified atom stereocenters. The lowest BCUT2D eigenvalue weighted by atomic mass is 10.1. The number of benzene rings is 1. The van der Waals surface area contributed by atoms with Crippen LogP contribution in [0.15, 0.2) is 36.7 Å². The molecule has 0 aliphatic carbocycles. The number of rotatable bonds is 8. The van der Waals surface area contributed by atoms with Crippen LogP contribution in [0.4, 0.5) is 11.5 Å². The van der Waals surface area contributed by atoms with Crippen molar-refractivity contribution in [2.45, 2.75) is 6.92 Å². The van der Waals surface area contributed by atoms with Gasteiger partial charge in [0.15, 0.2) is 11.9 Å². The molecule has 8 nitrogen and oxygen atoms in total. The van der Waals surface area contributed by atoms with Gasteiger partial charge >= 0.3 is 0 Å². The third kappa shape index (κ3) is 3.59. The van der Waals surface area contributed by atoms with E-state index < -0.39 is 0 Å². The van der Waals surface area contributed by atoms with Crippen LogP contribution in [-0.4, -0.2) is 47.6 Å². The lowest BCUT2D eigenvalue weighted by Crippen LogP contribution is -2.21. The number of carbonyl (C=O) groups excluding carboxylic acids is 1. The van der Waals surface area contributed by atoms with Gasteiger partial charge < -0.3 is 15.0 Å². The SMILES string of the molecule is CCN(c1ccn2ncc(C=O)c2n1)c1c(C#N)cccc1OCCNC. The molecular formula is C19H20N6O2. The van der Waals surface area contributed by atoms with E-state index in [0.29, 0.717) is 53.7 Å². The van der Waals surface area contributed by atoms with Crippen molar-refractivity contribution in [1.82, 2.24) is 19.9 Å². The largest absolute Gasteiger partial charge is 0.490 e. The predicted octanol–water partition coefficient (Wildman–Crippen LogP) is 2.17. The molecule has 0 saturated carbocycles. The average Bonchev–Trinajstić information content (AvgIpc) is 3.12. The predicted molar refractivity (Wildman–Crippen MR) is 102 cm³/mol. The Morgan fingerprint density at radius 2 is 2.26 bits per heavy atom. The molecule has 138 valence electrons. The third-order valence-corrected chi connectivity index (χ3v) is 4.10. The number of likely N-dealkylation sites (N-methyl/N-ethyl adjacent to an activating group) is 1. The minimum atomic E-state index is 0.409. The second-order valence-corrected chi connectivity index (χ2v) is 5.73. The lowest BCUT2D eigenvalue weighted by molar-refractivity contribution is 0.112. The van der Waals surface area contributed by atoms with Gasteiger partial charge in [0.1, 0.15) is 29.9 Å². The maximum absolute atomic E-state index is 11.2. The number of nitriles is 1. The molecule has 2 heterocycles. The van der Waals surface area contributed by atoms with E-state index >= 15 is 0 Å². The lowest BCUT2D eigenvalue weighted by Gasteiger charge is -2.25. The second kappa shape index (κ2) is 8.29. The van der Waals surface area contributed by atoms with Crippen molar-refractivity contribution in [3.63, 3.8) is 0 Å². The van der Waals surface area contributed by atoms with E-state index in [0.717, 1.165) is 6.29 Å². The molecular weight excluding hydrogens is 344 g/mol. The summed E-state index contributed by atoms with van der Waals surface area (Å²) in [5.41, 5.74) is 2.02. The molecule has 3 rings (SSSR count). The van der Waals surface area contributed by atoms with Crippen molar-refractivity contribution in [2.75, 3.05) is 31.6 Å². The first kappa shape index (κ1) is 18.4. The van der Waals surface area contributed by atoms with Crippen molar-refractivity contribution in [3.8, 4) is 11.8 Å². The van der Waals surface area contributed by atoms with E-state index in [4.69, 9.17) is 4.74 Å². The Morgan fingerprint density at radius 1 is 1.41 bits per heavy atom. The number of hydrogen-bond donors (Lipinski definition) is 1. The highest BCUT2D eigenvalue weighted by Gasteiger charge is 2.19. The fourth-order valence-electron chi connectivity index (χ4n) is 2.82. The Hall–Kier alpha value is -3.44. The summed E-state index contributed by atoms with van der Waals surface area (Å²) in [5.74, 6) is 1.21. The first-order chi connectivity index (χ1) is 13.2.